The zero-order valence-corrected chi connectivity index (χ0v) is 17.0. The first-order chi connectivity index (χ1) is 13.6. The highest BCUT2D eigenvalue weighted by atomic mass is 16.5. The summed E-state index contributed by atoms with van der Waals surface area (Å²) in [6, 6.07) is 7.86. The van der Waals surface area contributed by atoms with Gasteiger partial charge in [-0.3, -0.25) is 9.69 Å². The summed E-state index contributed by atoms with van der Waals surface area (Å²) in [5, 5.41) is 0. The average Bonchev–Trinajstić information content (AvgIpc) is 3.10. The van der Waals surface area contributed by atoms with E-state index < -0.39 is 0 Å². The maximum atomic E-state index is 12.6. The number of ether oxygens (including phenoxy) is 2. The van der Waals surface area contributed by atoms with Gasteiger partial charge in [-0.05, 0) is 68.2 Å². The summed E-state index contributed by atoms with van der Waals surface area (Å²) >= 11 is 0. The quantitative estimate of drug-likeness (QED) is 0.780. The van der Waals surface area contributed by atoms with Crippen LogP contribution in [-0.4, -0.2) is 61.6 Å². The molecule has 28 heavy (non-hydrogen) atoms. The standard InChI is InChI=1S/C23H32N2O3/c1-19-5-2-3-7-21(19)28-17-22(26)25-12-9-23(10-13-25)8-11-24(18-23)15-20-6-4-14-27-16-20/h2-3,5,7,16H,4,6,8-15,17-18H2,1H3. The first-order valence-corrected chi connectivity index (χ1v) is 10.6. The fourth-order valence-corrected chi connectivity index (χ4v) is 4.77. The fraction of sp³-hybridized carbons (Fsp3) is 0.609. The zero-order valence-electron chi connectivity index (χ0n) is 17.0. The molecule has 5 heteroatoms. The van der Waals surface area contributed by atoms with E-state index in [1.165, 1.54) is 25.0 Å². The Labute approximate surface area is 168 Å². The van der Waals surface area contributed by atoms with Crippen molar-refractivity contribution in [2.75, 3.05) is 45.9 Å². The van der Waals surface area contributed by atoms with Gasteiger partial charge in [0.25, 0.3) is 5.91 Å². The third-order valence-corrected chi connectivity index (χ3v) is 6.58. The van der Waals surface area contributed by atoms with Gasteiger partial charge in [-0.15, -0.1) is 0 Å². The van der Waals surface area contributed by atoms with Gasteiger partial charge in [-0.2, -0.15) is 0 Å². The van der Waals surface area contributed by atoms with Crippen LogP contribution in [-0.2, 0) is 9.53 Å². The molecule has 1 spiro atoms. The molecule has 0 unspecified atom stereocenters. The lowest BCUT2D eigenvalue weighted by Gasteiger charge is -2.39. The molecule has 3 aliphatic rings. The molecular weight excluding hydrogens is 352 g/mol. The second kappa shape index (κ2) is 8.56. The van der Waals surface area contributed by atoms with E-state index in [0.717, 1.165) is 63.4 Å². The van der Waals surface area contributed by atoms with Crippen molar-refractivity contribution in [3.63, 3.8) is 0 Å². The first kappa shape index (κ1) is 19.3. The predicted molar refractivity (Wildman–Crippen MR) is 109 cm³/mol. The number of likely N-dealkylation sites (tertiary alicyclic amines) is 2. The largest absolute Gasteiger partial charge is 0.501 e. The molecule has 1 aromatic carbocycles. The highest BCUT2D eigenvalue weighted by Crippen LogP contribution is 2.40. The van der Waals surface area contributed by atoms with E-state index in [2.05, 4.69) is 4.90 Å². The van der Waals surface area contributed by atoms with Gasteiger partial charge in [0, 0.05) is 26.2 Å². The summed E-state index contributed by atoms with van der Waals surface area (Å²) in [6.07, 6.45) is 7.76. The number of hydrogen-bond acceptors (Lipinski definition) is 4. The summed E-state index contributed by atoms with van der Waals surface area (Å²) < 4.78 is 11.2. The Morgan fingerprint density at radius 1 is 1.18 bits per heavy atom. The molecule has 0 atom stereocenters. The van der Waals surface area contributed by atoms with Crippen molar-refractivity contribution < 1.29 is 14.3 Å². The normalized spacial score (nSPS) is 22.0. The topological polar surface area (TPSA) is 42.0 Å². The lowest BCUT2D eigenvalue weighted by atomic mass is 9.78. The highest BCUT2D eigenvalue weighted by molar-refractivity contribution is 5.78. The van der Waals surface area contributed by atoms with E-state index in [-0.39, 0.29) is 12.5 Å². The Bertz CT molecular complexity index is 722. The van der Waals surface area contributed by atoms with Gasteiger partial charge in [0.1, 0.15) is 5.75 Å². The average molecular weight is 385 g/mol. The molecule has 1 aromatic rings. The number of carbonyl (C=O) groups is 1. The summed E-state index contributed by atoms with van der Waals surface area (Å²) in [6.45, 7) is 8.10. The van der Waals surface area contributed by atoms with Gasteiger partial charge >= 0.3 is 0 Å². The Kier molecular flexibility index (Phi) is 5.90. The molecule has 0 saturated carbocycles. The van der Waals surface area contributed by atoms with E-state index in [1.807, 2.05) is 42.4 Å². The van der Waals surface area contributed by atoms with Crippen molar-refractivity contribution in [3.8, 4) is 5.75 Å². The third-order valence-electron chi connectivity index (χ3n) is 6.58. The van der Waals surface area contributed by atoms with E-state index in [0.29, 0.717) is 5.41 Å². The predicted octanol–water partition coefficient (Wildman–Crippen LogP) is 3.38. The smallest absolute Gasteiger partial charge is 0.260 e. The van der Waals surface area contributed by atoms with Crippen molar-refractivity contribution in [1.82, 2.24) is 9.80 Å². The Balaban J connectivity index is 1.23. The van der Waals surface area contributed by atoms with Crippen LogP contribution >= 0.6 is 0 Å². The monoisotopic (exact) mass is 384 g/mol. The second-order valence-electron chi connectivity index (χ2n) is 8.65. The molecule has 0 radical (unpaired) electrons. The molecule has 152 valence electrons. The number of benzene rings is 1. The van der Waals surface area contributed by atoms with Crippen molar-refractivity contribution in [1.29, 1.82) is 0 Å². The molecule has 4 rings (SSSR count). The van der Waals surface area contributed by atoms with Gasteiger partial charge in [-0.1, -0.05) is 18.2 Å². The van der Waals surface area contributed by atoms with Crippen molar-refractivity contribution in [2.45, 2.75) is 39.0 Å². The van der Waals surface area contributed by atoms with Crippen molar-refractivity contribution in [2.24, 2.45) is 5.41 Å². The van der Waals surface area contributed by atoms with E-state index >= 15 is 0 Å². The number of nitrogens with zero attached hydrogens (tertiary/aromatic N) is 2. The van der Waals surface area contributed by atoms with Crippen molar-refractivity contribution >= 4 is 5.91 Å². The van der Waals surface area contributed by atoms with E-state index in [4.69, 9.17) is 9.47 Å². The number of aryl methyl sites for hydroxylation is 1. The summed E-state index contributed by atoms with van der Waals surface area (Å²) in [5.74, 6) is 0.911. The van der Waals surface area contributed by atoms with Gasteiger partial charge in [-0.25, -0.2) is 0 Å². The third kappa shape index (κ3) is 4.52. The Hall–Kier alpha value is -2.01. The van der Waals surface area contributed by atoms with Crippen LogP contribution in [0.15, 0.2) is 36.1 Å². The molecule has 3 heterocycles. The van der Waals surface area contributed by atoms with Gasteiger partial charge in [0.15, 0.2) is 6.61 Å². The van der Waals surface area contributed by atoms with E-state index in [9.17, 15) is 4.79 Å². The van der Waals surface area contributed by atoms with E-state index in [1.54, 1.807) is 0 Å². The molecule has 1 amide bonds. The Morgan fingerprint density at radius 2 is 1.96 bits per heavy atom. The van der Waals surface area contributed by atoms with Crippen molar-refractivity contribution in [3.05, 3.63) is 41.7 Å². The molecular formula is C23H32N2O3. The van der Waals surface area contributed by atoms with Gasteiger partial charge in [0.2, 0.25) is 0 Å². The van der Waals surface area contributed by atoms with Crippen LogP contribution in [0, 0.1) is 12.3 Å². The van der Waals surface area contributed by atoms with Gasteiger partial charge in [0.05, 0.1) is 12.9 Å². The number of rotatable bonds is 5. The first-order valence-electron chi connectivity index (χ1n) is 10.6. The van der Waals surface area contributed by atoms with Crippen LogP contribution < -0.4 is 4.74 Å². The molecule has 5 nitrogen and oxygen atoms in total. The van der Waals surface area contributed by atoms with Crippen LogP contribution in [0.4, 0.5) is 0 Å². The fourth-order valence-electron chi connectivity index (χ4n) is 4.77. The lowest BCUT2D eigenvalue weighted by molar-refractivity contribution is -0.135. The molecule has 0 aliphatic carbocycles. The molecule has 3 aliphatic heterocycles. The zero-order chi connectivity index (χ0) is 19.4. The van der Waals surface area contributed by atoms with Crippen LogP contribution in [0.2, 0.25) is 0 Å². The minimum Gasteiger partial charge on any atom is -0.501 e. The summed E-state index contributed by atoms with van der Waals surface area (Å²) in [5.41, 5.74) is 2.89. The lowest BCUT2D eigenvalue weighted by Crippen LogP contribution is -2.45. The molecule has 2 saturated heterocycles. The minimum atomic E-state index is 0.109. The summed E-state index contributed by atoms with van der Waals surface area (Å²) in [4.78, 5) is 17.2. The second-order valence-corrected chi connectivity index (χ2v) is 8.65. The maximum Gasteiger partial charge on any atom is 0.260 e. The number of piperidine rings is 1. The molecule has 0 N–H and O–H groups in total. The SMILES string of the molecule is Cc1ccccc1OCC(=O)N1CCC2(CCN(CC3=COCCC3)C2)CC1. The molecule has 2 fully saturated rings. The Morgan fingerprint density at radius 3 is 2.71 bits per heavy atom. The van der Waals surface area contributed by atoms with Crippen LogP contribution in [0.25, 0.3) is 0 Å². The minimum absolute atomic E-state index is 0.109. The maximum absolute atomic E-state index is 12.6. The number of carbonyl (C=O) groups excluding carboxylic acids is 1. The molecule has 0 bridgehead atoms. The molecule has 0 aromatic heterocycles. The van der Waals surface area contributed by atoms with Crippen LogP contribution in [0.1, 0.15) is 37.7 Å². The highest BCUT2D eigenvalue weighted by Gasteiger charge is 2.41. The summed E-state index contributed by atoms with van der Waals surface area (Å²) in [7, 11) is 0. The van der Waals surface area contributed by atoms with Crippen LogP contribution in [0.5, 0.6) is 5.75 Å². The number of para-hydroxylation sites is 1. The number of amides is 1. The number of hydrogen-bond donors (Lipinski definition) is 0. The van der Waals surface area contributed by atoms with Crippen LogP contribution in [0.3, 0.4) is 0 Å². The van der Waals surface area contributed by atoms with Gasteiger partial charge < -0.3 is 14.4 Å².